The van der Waals surface area contributed by atoms with E-state index in [0.717, 1.165) is 11.4 Å². The van der Waals surface area contributed by atoms with Crippen molar-refractivity contribution in [2.24, 2.45) is 0 Å². The molecule has 7 nitrogen and oxygen atoms in total. The Hall–Kier alpha value is -2.81. The lowest BCUT2D eigenvalue weighted by Gasteiger charge is -2.03. The van der Waals surface area contributed by atoms with Gasteiger partial charge in [0.05, 0.1) is 18.5 Å². The number of carbonyl (C=O) groups excluding carboxylic acids is 1. The molecular weight excluding hydrogens is 345 g/mol. The van der Waals surface area contributed by atoms with Gasteiger partial charge in [0.2, 0.25) is 5.13 Å². The minimum absolute atomic E-state index is 0.130. The maximum Gasteiger partial charge on any atom is 0.281 e. The van der Waals surface area contributed by atoms with Gasteiger partial charge in [-0.3, -0.25) is 10.1 Å². The van der Waals surface area contributed by atoms with Crippen molar-refractivity contribution in [3.05, 3.63) is 47.0 Å². The van der Waals surface area contributed by atoms with E-state index in [1.54, 1.807) is 25.3 Å². The van der Waals surface area contributed by atoms with E-state index < -0.39 is 5.91 Å². The smallest absolute Gasteiger partial charge is 0.281 e. The number of aromatic nitrogens is 4. The quantitative estimate of drug-likeness (QED) is 0.729. The number of amides is 1. The van der Waals surface area contributed by atoms with Gasteiger partial charge in [0.25, 0.3) is 5.91 Å². The molecule has 0 fully saturated rings. The maximum absolute atomic E-state index is 13.1. The molecule has 1 amide bonds. The number of nitrogens with one attached hydrogen (secondary N) is 1. The summed E-state index contributed by atoms with van der Waals surface area (Å²) in [7, 11) is 0. The number of hydrogen-bond acceptors (Lipinski definition) is 6. The van der Waals surface area contributed by atoms with Gasteiger partial charge in [-0.1, -0.05) is 18.3 Å². The fraction of sp³-hybridized carbons (Fsp3) is 0.250. The fourth-order valence-electron chi connectivity index (χ4n) is 2.06. The second-order valence-corrected chi connectivity index (χ2v) is 6.37. The molecule has 0 radical (unpaired) electrons. The number of nitrogens with zero attached hydrogens (tertiary/aromatic N) is 4. The van der Waals surface area contributed by atoms with E-state index >= 15 is 0 Å². The first-order valence-electron chi connectivity index (χ1n) is 7.66. The highest BCUT2D eigenvalue weighted by atomic mass is 32.1. The zero-order valence-corrected chi connectivity index (χ0v) is 14.5. The number of hydrogen-bond donors (Lipinski definition) is 1. The molecular formula is C16H16FN5O2S. The predicted octanol–water partition coefficient (Wildman–Crippen LogP) is 3.21. The number of benzene rings is 1. The maximum atomic E-state index is 13.1. The van der Waals surface area contributed by atoms with E-state index in [4.69, 9.17) is 4.74 Å². The lowest BCUT2D eigenvalue weighted by molar-refractivity contribution is 0.101. The molecule has 130 valence electrons. The normalized spacial score (nSPS) is 10.7. The summed E-state index contributed by atoms with van der Waals surface area (Å²) in [4.78, 5) is 12.5. The summed E-state index contributed by atoms with van der Waals surface area (Å²) in [6.45, 7) is 4.22. The molecule has 0 bridgehead atoms. The number of ether oxygens (including phenoxy) is 1. The van der Waals surface area contributed by atoms with Crippen molar-refractivity contribution in [3.63, 3.8) is 0 Å². The Morgan fingerprint density at radius 3 is 2.72 bits per heavy atom. The van der Waals surface area contributed by atoms with Gasteiger partial charge in [0.15, 0.2) is 11.4 Å². The van der Waals surface area contributed by atoms with Gasteiger partial charge in [-0.25, -0.2) is 9.07 Å². The topological polar surface area (TPSA) is 81.9 Å². The van der Waals surface area contributed by atoms with Crippen LogP contribution in [0.3, 0.4) is 0 Å². The van der Waals surface area contributed by atoms with Crippen molar-refractivity contribution in [1.29, 1.82) is 0 Å². The van der Waals surface area contributed by atoms with E-state index in [9.17, 15) is 9.18 Å². The van der Waals surface area contributed by atoms with Gasteiger partial charge in [-0.05, 0) is 37.6 Å². The minimum atomic E-state index is -0.442. The first-order valence-corrected chi connectivity index (χ1v) is 8.48. The van der Waals surface area contributed by atoms with Crippen LogP contribution in [0.2, 0.25) is 0 Å². The van der Waals surface area contributed by atoms with Crippen LogP contribution in [-0.4, -0.2) is 32.5 Å². The molecule has 0 aliphatic rings. The summed E-state index contributed by atoms with van der Waals surface area (Å²) in [6, 6.07) is 5.80. The molecule has 0 saturated heterocycles. The Balaban J connectivity index is 1.90. The summed E-state index contributed by atoms with van der Waals surface area (Å²) < 4.78 is 20.2. The number of halogens is 1. The molecule has 1 N–H and O–H groups in total. The van der Waals surface area contributed by atoms with Crippen molar-refractivity contribution < 1.29 is 13.9 Å². The highest BCUT2D eigenvalue weighted by Crippen LogP contribution is 2.22. The summed E-state index contributed by atoms with van der Waals surface area (Å²) >= 11 is 1.27. The second kappa shape index (κ2) is 7.39. The monoisotopic (exact) mass is 361 g/mol. The summed E-state index contributed by atoms with van der Waals surface area (Å²) in [5, 5.41) is 15.8. The third-order valence-electron chi connectivity index (χ3n) is 3.20. The number of aryl methyl sites for hydroxylation is 1. The Labute approximate surface area is 147 Å². The average molecular weight is 361 g/mol. The summed E-state index contributed by atoms with van der Waals surface area (Å²) in [5.41, 5.74) is 0.749. The fourth-order valence-corrected chi connectivity index (χ4v) is 2.65. The van der Waals surface area contributed by atoms with Crippen LogP contribution >= 0.6 is 11.3 Å². The number of rotatable bonds is 6. The molecule has 2 heterocycles. The van der Waals surface area contributed by atoms with E-state index in [2.05, 4.69) is 20.6 Å². The van der Waals surface area contributed by atoms with Crippen molar-refractivity contribution >= 4 is 22.4 Å². The molecule has 0 aliphatic carbocycles. The Morgan fingerprint density at radius 2 is 2.08 bits per heavy atom. The molecule has 3 aromatic rings. The van der Waals surface area contributed by atoms with Crippen LogP contribution in [0.1, 0.15) is 28.8 Å². The van der Waals surface area contributed by atoms with E-state index in [0.29, 0.717) is 23.2 Å². The Bertz CT molecular complexity index is 875. The summed E-state index contributed by atoms with van der Waals surface area (Å²) in [5.74, 6) is -0.434. The second-order valence-electron chi connectivity index (χ2n) is 5.19. The molecule has 0 aliphatic heterocycles. The van der Waals surface area contributed by atoms with Crippen molar-refractivity contribution in [2.75, 3.05) is 11.9 Å². The van der Waals surface area contributed by atoms with Gasteiger partial charge in [0, 0.05) is 0 Å². The molecule has 3 rings (SSSR count). The van der Waals surface area contributed by atoms with E-state index in [1.165, 1.54) is 28.2 Å². The first kappa shape index (κ1) is 17.0. The van der Waals surface area contributed by atoms with E-state index in [-0.39, 0.29) is 11.5 Å². The molecule has 9 heteroatoms. The van der Waals surface area contributed by atoms with Gasteiger partial charge < -0.3 is 4.74 Å². The Morgan fingerprint density at radius 1 is 1.32 bits per heavy atom. The number of carbonyl (C=O) groups is 1. The van der Waals surface area contributed by atoms with Crippen LogP contribution in [0.5, 0.6) is 5.75 Å². The third kappa shape index (κ3) is 4.00. The highest BCUT2D eigenvalue weighted by molar-refractivity contribution is 7.15. The van der Waals surface area contributed by atoms with Gasteiger partial charge in [0.1, 0.15) is 10.8 Å². The molecule has 0 atom stereocenters. The van der Waals surface area contributed by atoms with Crippen LogP contribution in [0.25, 0.3) is 5.69 Å². The molecule has 25 heavy (non-hydrogen) atoms. The summed E-state index contributed by atoms with van der Waals surface area (Å²) in [6.07, 6.45) is 2.39. The van der Waals surface area contributed by atoms with Gasteiger partial charge in [-0.2, -0.15) is 5.10 Å². The molecule has 1 aromatic carbocycles. The van der Waals surface area contributed by atoms with Crippen molar-refractivity contribution in [3.8, 4) is 11.4 Å². The van der Waals surface area contributed by atoms with Crippen LogP contribution < -0.4 is 10.1 Å². The third-order valence-corrected chi connectivity index (χ3v) is 3.95. The van der Waals surface area contributed by atoms with E-state index in [1.807, 2.05) is 6.92 Å². The van der Waals surface area contributed by atoms with Gasteiger partial charge in [-0.15, -0.1) is 10.2 Å². The van der Waals surface area contributed by atoms with Crippen LogP contribution in [0, 0.1) is 12.7 Å². The molecule has 2 aromatic heterocycles. The molecule has 0 spiro atoms. The lowest BCUT2D eigenvalue weighted by Crippen LogP contribution is -2.14. The number of anilines is 1. The van der Waals surface area contributed by atoms with Gasteiger partial charge >= 0.3 is 0 Å². The zero-order chi connectivity index (χ0) is 17.8. The van der Waals surface area contributed by atoms with Crippen LogP contribution in [0.4, 0.5) is 9.52 Å². The molecule has 0 unspecified atom stereocenters. The SMILES string of the molecule is CCCOc1cn(-c2ccc(F)cc2)nc1C(=O)Nc1nnc(C)s1. The largest absolute Gasteiger partial charge is 0.489 e. The standard InChI is InChI=1S/C16H16FN5O2S/c1-3-8-24-13-9-22(12-6-4-11(17)5-7-12)21-14(13)15(23)18-16-20-19-10(2)25-16/h4-7,9H,3,8H2,1-2H3,(H,18,20,23). The highest BCUT2D eigenvalue weighted by Gasteiger charge is 2.20. The van der Waals surface area contributed by atoms with Crippen LogP contribution in [-0.2, 0) is 0 Å². The molecule has 0 saturated carbocycles. The Kier molecular flexibility index (Phi) is 5.03. The predicted molar refractivity (Wildman–Crippen MR) is 91.9 cm³/mol. The zero-order valence-electron chi connectivity index (χ0n) is 13.7. The minimum Gasteiger partial charge on any atom is -0.489 e. The first-order chi connectivity index (χ1) is 12.1. The lowest BCUT2D eigenvalue weighted by atomic mass is 10.3. The van der Waals surface area contributed by atoms with Crippen LogP contribution in [0.15, 0.2) is 30.5 Å². The van der Waals surface area contributed by atoms with Crippen molar-refractivity contribution in [2.45, 2.75) is 20.3 Å². The average Bonchev–Trinajstić information content (AvgIpc) is 3.20. The van der Waals surface area contributed by atoms with Crippen molar-refractivity contribution in [1.82, 2.24) is 20.0 Å².